The van der Waals surface area contributed by atoms with Crippen molar-refractivity contribution in [2.45, 2.75) is 38.0 Å². The Bertz CT molecular complexity index is 664. The Morgan fingerprint density at radius 2 is 1.87 bits per heavy atom. The van der Waals surface area contributed by atoms with Crippen LogP contribution in [0, 0.1) is 6.92 Å². The number of hydrogen-bond donors (Lipinski definition) is 1. The van der Waals surface area contributed by atoms with Gasteiger partial charge in [-0.2, -0.15) is 0 Å². The van der Waals surface area contributed by atoms with Crippen molar-refractivity contribution in [1.29, 1.82) is 0 Å². The van der Waals surface area contributed by atoms with Gasteiger partial charge in [0.05, 0.1) is 0 Å². The molecular formula is C17H26N2O3S. The molecule has 1 fully saturated rings. The SMILES string of the molecule is CCN(Cc1ccccc1C)C(=O)C1(S(C)(=O)=O)CCNCC1. The van der Waals surface area contributed by atoms with Gasteiger partial charge in [-0.25, -0.2) is 8.42 Å². The molecule has 0 bridgehead atoms. The number of sulfone groups is 1. The molecule has 0 spiro atoms. The molecule has 2 rings (SSSR count). The normalized spacial score (nSPS) is 17.7. The molecule has 23 heavy (non-hydrogen) atoms. The summed E-state index contributed by atoms with van der Waals surface area (Å²) in [4.78, 5) is 14.8. The number of nitrogens with one attached hydrogen (secondary N) is 1. The van der Waals surface area contributed by atoms with Crippen LogP contribution in [0.5, 0.6) is 0 Å². The fourth-order valence-electron chi connectivity index (χ4n) is 3.18. The lowest BCUT2D eigenvalue weighted by atomic mass is 9.94. The standard InChI is InChI=1S/C17H26N2O3S/c1-4-19(13-15-8-6-5-7-14(15)2)16(20)17(23(3,21)22)9-11-18-12-10-17/h5-8,18H,4,9-13H2,1-3H3. The summed E-state index contributed by atoms with van der Waals surface area (Å²) in [6.45, 7) is 5.96. The predicted molar refractivity (Wildman–Crippen MR) is 91.9 cm³/mol. The quantitative estimate of drug-likeness (QED) is 0.884. The van der Waals surface area contributed by atoms with E-state index in [4.69, 9.17) is 0 Å². The first-order valence-corrected chi connectivity index (χ1v) is 9.95. The second kappa shape index (κ2) is 7.01. The summed E-state index contributed by atoms with van der Waals surface area (Å²) in [7, 11) is -3.48. The number of benzene rings is 1. The summed E-state index contributed by atoms with van der Waals surface area (Å²) in [5.41, 5.74) is 2.16. The molecule has 0 aliphatic carbocycles. The zero-order chi connectivity index (χ0) is 17.1. The summed E-state index contributed by atoms with van der Waals surface area (Å²) in [5, 5.41) is 3.15. The van der Waals surface area contributed by atoms with Gasteiger partial charge in [-0.15, -0.1) is 0 Å². The third-order valence-electron chi connectivity index (χ3n) is 4.80. The van der Waals surface area contributed by atoms with Crippen molar-refractivity contribution >= 4 is 15.7 Å². The van der Waals surface area contributed by atoms with Crippen LogP contribution in [-0.2, 0) is 21.2 Å². The van der Waals surface area contributed by atoms with Gasteiger partial charge in [0.2, 0.25) is 5.91 Å². The Morgan fingerprint density at radius 1 is 1.26 bits per heavy atom. The van der Waals surface area contributed by atoms with Gasteiger partial charge in [0.15, 0.2) is 14.6 Å². The van der Waals surface area contributed by atoms with Crippen molar-refractivity contribution in [1.82, 2.24) is 10.2 Å². The first kappa shape index (κ1) is 17.9. The molecule has 5 nitrogen and oxygen atoms in total. The fraction of sp³-hybridized carbons (Fsp3) is 0.588. The van der Waals surface area contributed by atoms with Crippen LogP contribution in [0.25, 0.3) is 0 Å². The van der Waals surface area contributed by atoms with E-state index >= 15 is 0 Å². The highest BCUT2D eigenvalue weighted by atomic mass is 32.2. The summed E-state index contributed by atoms with van der Waals surface area (Å²) in [6.07, 6.45) is 1.88. The zero-order valence-corrected chi connectivity index (χ0v) is 14.9. The molecule has 1 saturated heterocycles. The van der Waals surface area contributed by atoms with Gasteiger partial charge in [-0.1, -0.05) is 24.3 Å². The van der Waals surface area contributed by atoms with Gasteiger partial charge in [-0.3, -0.25) is 4.79 Å². The summed E-state index contributed by atoms with van der Waals surface area (Å²) in [6, 6.07) is 7.89. The van der Waals surface area contributed by atoms with Crippen LogP contribution in [-0.4, -0.2) is 49.9 Å². The molecule has 1 amide bonds. The van der Waals surface area contributed by atoms with Crippen molar-refractivity contribution in [3.05, 3.63) is 35.4 Å². The second-order valence-electron chi connectivity index (χ2n) is 6.26. The van der Waals surface area contributed by atoms with E-state index in [1.807, 2.05) is 38.1 Å². The number of piperidine rings is 1. The van der Waals surface area contributed by atoms with E-state index < -0.39 is 14.6 Å². The summed E-state index contributed by atoms with van der Waals surface area (Å²) in [5.74, 6) is -0.257. The van der Waals surface area contributed by atoms with Crippen molar-refractivity contribution < 1.29 is 13.2 Å². The molecule has 0 unspecified atom stereocenters. The number of carbonyl (C=O) groups excluding carboxylic acids is 1. The van der Waals surface area contributed by atoms with Crippen LogP contribution in [0.15, 0.2) is 24.3 Å². The number of aryl methyl sites for hydroxylation is 1. The highest BCUT2D eigenvalue weighted by molar-refractivity contribution is 7.92. The lowest BCUT2D eigenvalue weighted by molar-refractivity contribution is -0.135. The molecule has 0 aromatic heterocycles. The predicted octanol–water partition coefficient (Wildman–Crippen LogP) is 1.51. The van der Waals surface area contributed by atoms with Crippen molar-refractivity contribution in [2.75, 3.05) is 25.9 Å². The van der Waals surface area contributed by atoms with Crippen LogP contribution in [0.1, 0.15) is 30.9 Å². The average molecular weight is 338 g/mol. The van der Waals surface area contributed by atoms with Crippen molar-refractivity contribution in [3.8, 4) is 0 Å². The van der Waals surface area contributed by atoms with E-state index in [9.17, 15) is 13.2 Å². The number of carbonyl (C=O) groups is 1. The maximum atomic E-state index is 13.1. The van der Waals surface area contributed by atoms with E-state index in [2.05, 4.69) is 5.32 Å². The minimum Gasteiger partial charge on any atom is -0.337 e. The lowest BCUT2D eigenvalue weighted by Gasteiger charge is -2.38. The molecule has 0 atom stereocenters. The molecule has 128 valence electrons. The Hall–Kier alpha value is -1.40. The zero-order valence-electron chi connectivity index (χ0n) is 14.1. The summed E-state index contributed by atoms with van der Waals surface area (Å²) >= 11 is 0. The van der Waals surface area contributed by atoms with Crippen LogP contribution in [0.2, 0.25) is 0 Å². The lowest BCUT2D eigenvalue weighted by Crippen LogP contribution is -2.58. The third-order valence-corrected chi connectivity index (χ3v) is 6.80. The molecule has 0 radical (unpaired) electrons. The molecule has 1 heterocycles. The van der Waals surface area contributed by atoms with Crippen LogP contribution in [0.4, 0.5) is 0 Å². The Labute approximate surface area is 139 Å². The maximum Gasteiger partial charge on any atom is 0.244 e. The van der Waals surface area contributed by atoms with Crippen molar-refractivity contribution in [3.63, 3.8) is 0 Å². The maximum absolute atomic E-state index is 13.1. The van der Waals surface area contributed by atoms with Gasteiger partial charge < -0.3 is 10.2 Å². The monoisotopic (exact) mass is 338 g/mol. The van der Waals surface area contributed by atoms with E-state index in [1.54, 1.807) is 4.90 Å². The molecule has 0 saturated carbocycles. The van der Waals surface area contributed by atoms with Gasteiger partial charge >= 0.3 is 0 Å². The Morgan fingerprint density at radius 3 is 2.39 bits per heavy atom. The molecule has 1 N–H and O–H groups in total. The molecule has 1 aromatic rings. The smallest absolute Gasteiger partial charge is 0.244 e. The van der Waals surface area contributed by atoms with Gasteiger partial charge in [0.25, 0.3) is 0 Å². The number of hydrogen-bond acceptors (Lipinski definition) is 4. The Balaban J connectivity index is 2.32. The number of nitrogens with zero attached hydrogens (tertiary/aromatic N) is 1. The molecule has 6 heteroatoms. The second-order valence-corrected chi connectivity index (χ2v) is 8.59. The first-order chi connectivity index (χ1) is 10.8. The molecule has 1 aliphatic rings. The molecule has 1 aromatic carbocycles. The fourth-order valence-corrected chi connectivity index (χ4v) is 4.57. The van der Waals surface area contributed by atoms with Gasteiger partial charge in [-0.05, 0) is 50.9 Å². The van der Waals surface area contributed by atoms with Crippen LogP contribution < -0.4 is 5.32 Å². The van der Waals surface area contributed by atoms with Gasteiger partial charge in [0.1, 0.15) is 0 Å². The third kappa shape index (κ3) is 3.58. The van der Waals surface area contributed by atoms with E-state index in [1.165, 1.54) is 6.26 Å². The summed E-state index contributed by atoms with van der Waals surface area (Å²) < 4.78 is 23.5. The first-order valence-electron chi connectivity index (χ1n) is 8.06. The number of rotatable bonds is 5. The van der Waals surface area contributed by atoms with E-state index in [0.29, 0.717) is 39.0 Å². The van der Waals surface area contributed by atoms with E-state index in [0.717, 1.165) is 11.1 Å². The van der Waals surface area contributed by atoms with Crippen LogP contribution >= 0.6 is 0 Å². The molecule has 1 aliphatic heterocycles. The topological polar surface area (TPSA) is 66.5 Å². The largest absolute Gasteiger partial charge is 0.337 e. The molecular weight excluding hydrogens is 312 g/mol. The highest BCUT2D eigenvalue weighted by Gasteiger charge is 2.50. The average Bonchev–Trinajstić information content (AvgIpc) is 2.53. The highest BCUT2D eigenvalue weighted by Crippen LogP contribution is 2.30. The minimum absolute atomic E-state index is 0.257. The Kier molecular flexibility index (Phi) is 5.47. The van der Waals surface area contributed by atoms with Crippen molar-refractivity contribution in [2.24, 2.45) is 0 Å². The minimum atomic E-state index is -3.48. The number of amides is 1. The van der Waals surface area contributed by atoms with Gasteiger partial charge in [0, 0.05) is 19.3 Å². The van der Waals surface area contributed by atoms with Crippen LogP contribution in [0.3, 0.4) is 0 Å². The van der Waals surface area contributed by atoms with E-state index in [-0.39, 0.29) is 5.91 Å².